The van der Waals surface area contributed by atoms with E-state index in [0.717, 1.165) is 11.1 Å². The zero-order chi connectivity index (χ0) is 19.2. The number of amides is 2. The molecule has 3 rings (SSSR count). The maximum Gasteiger partial charge on any atom is 0.224 e. The number of nitrogens with one attached hydrogen (secondary N) is 2. The molecule has 1 aromatic heterocycles. The van der Waals surface area contributed by atoms with Gasteiger partial charge in [-0.1, -0.05) is 12.1 Å². The summed E-state index contributed by atoms with van der Waals surface area (Å²) >= 11 is 0. The minimum Gasteiger partial charge on any atom is -0.493 e. The van der Waals surface area contributed by atoms with Crippen molar-refractivity contribution in [2.45, 2.75) is 19.5 Å². The van der Waals surface area contributed by atoms with E-state index >= 15 is 0 Å². The minimum absolute atomic E-state index is 0.0925. The summed E-state index contributed by atoms with van der Waals surface area (Å²) in [5.74, 6) is 0.533. The third-order valence-corrected chi connectivity index (χ3v) is 4.57. The maximum atomic E-state index is 12.3. The lowest BCUT2D eigenvalue weighted by Gasteiger charge is -2.10. The van der Waals surface area contributed by atoms with E-state index in [1.54, 1.807) is 32.7 Å². The molecule has 1 heterocycles. The van der Waals surface area contributed by atoms with Crippen LogP contribution in [0.25, 0.3) is 0 Å². The van der Waals surface area contributed by atoms with Crippen LogP contribution in [0.2, 0.25) is 0 Å². The van der Waals surface area contributed by atoms with Crippen molar-refractivity contribution in [2.24, 2.45) is 11.8 Å². The molecule has 1 fully saturated rings. The highest BCUT2D eigenvalue weighted by Gasteiger charge is 2.47. The molecule has 0 saturated heterocycles. The first kappa shape index (κ1) is 18.7. The summed E-state index contributed by atoms with van der Waals surface area (Å²) in [4.78, 5) is 28.5. The molecule has 1 aliphatic rings. The summed E-state index contributed by atoms with van der Waals surface area (Å²) < 4.78 is 10.5. The Morgan fingerprint density at radius 2 is 1.67 bits per heavy atom. The quantitative estimate of drug-likeness (QED) is 0.739. The molecular formula is C20H23N3O4. The van der Waals surface area contributed by atoms with Gasteiger partial charge in [-0.25, -0.2) is 0 Å². The molecule has 1 aliphatic carbocycles. The molecule has 27 heavy (non-hydrogen) atoms. The van der Waals surface area contributed by atoms with Crippen LogP contribution < -0.4 is 20.1 Å². The SMILES string of the molecule is COc1ccc(CNC(=O)C2CC2C(=O)NCc2cccnc2)cc1OC. The van der Waals surface area contributed by atoms with E-state index in [1.165, 1.54) is 0 Å². The molecule has 1 saturated carbocycles. The number of pyridine rings is 1. The topological polar surface area (TPSA) is 89.5 Å². The fourth-order valence-electron chi connectivity index (χ4n) is 2.91. The molecule has 2 amide bonds. The second-order valence-corrected chi connectivity index (χ2v) is 6.43. The monoisotopic (exact) mass is 369 g/mol. The van der Waals surface area contributed by atoms with E-state index < -0.39 is 0 Å². The van der Waals surface area contributed by atoms with Gasteiger partial charge in [-0.3, -0.25) is 14.6 Å². The highest BCUT2D eigenvalue weighted by Crippen LogP contribution is 2.39. The van der Waals surface area contributed by atoms with Crippen molar-refractivity contribution in [3.63, 3.8) is 0 Å². The van der Waals surface area contributed by atoms with Gasteiger partial charge in [0.1, 0.15) is 0 Å². The fraction of sp³-hybridized carbons (Fsp3) is 0.350. The second kappa shape index (κ2) is 8.53. The van der Waals surface area contributed by atoms with Crippen molar-refractivity contribution in [3.8, 4) is 11.5 Å². The van der Waals surface area contributed by atoms with Gasteiger partial charge in [0.15, 0.2) is 11.5 Å². The molecule has 7 nitrogen and oxygen atoms in total. The summed E-state index contributed by atoms with van der Waals surface area (Å²) in [5, 5.41) is 5.74. The zero-order valence-electron chi connectivity index (χ0n) is 15.4. The van der Waals surface area contributed by atoms with E-state index in [4.69, 9.17) is 9.47 Å². The molecule has 0 aliphatic heterocycles. The highest BCUT2D eigenvalue weighted by molar-refractivity contribution is 5.92. The van der Waals surface area contributed by atoms with Gasteiger partial charge in [-0.05, 0) is 35.7 Å². The maximum absolute atomic E-state index is 12.3. The average Bonchev–Trinajstić information content (AvgIpc) is 3.52. The minimum atomic E-state index is -0.265. The van der Waals surface area contributed by atoms with Gasteiger partial charge < -0.3 is 20.1 Å². The van der Waals surface area contributed by atoms with Crippen molar-refractivity contribution >= 4 is 11.8 Å². The van der Waals surface area contributed by atoms with Crippen LogP contribution in [0.5, 0.6) is 11.5 Å². The van der Waals surface area contributed by atoms with Gasteiger partial charge in [0.05, 0.1) is 26.1 Å². The number of aromatic nitrogens is 1. The number of carbonyl (C=O) groups is 2. The lowest BCUT2D eigenvalue weighted by Crippen LogP contribution is -2.29. The number of nitrogens with zero attached hydrogens (tertiary/aromatic N) is 1. The molecule has 2 aromatic rings. The van der Waals surface area contributed by atoms with Crippen LogP contribution in [0.1, 0.15) is 17.5 Å². The summed E-state index contributed by atoms with van der Waals surface area (Å²) in [6.07, 6.45) is 3.97. The number of hydrogen-bond acceptors (Lipinski definition) is 5. The van der Waals surface area contributed by atoms with Crippen LogP contribution in [-0.4, -0.2) is 31.0 Å². The van der Waals surface area contributed by atoms with E-state index in [2.05, 4.69) is 15.6 Å². The Balaban J connectivity index is 1.45. The summed E-state index contributed by atoms with van der Waals surface area (Å²) in [6, 6.07) is 9.21. The Morgan fingerprint density at radius 3 is 2.26 bits per heavy atom. The van der Waals surface area contributed by atoms with Crippen molar-refractivity contribution in [1.29, 1.82) is 0 Å². The van der Waals surface area contributed by atoms with Gasteiger partial charge in [-0.2, -0.15) is 0 Å². The zero-order valence-corrected chi connectivity index (χ0v) is 15.4. The first-order valence-corrected chi connectivity index (χ1v) is 8.77. The molecule has 0 spiro atoms. The van der Waals surface area contributed by atoms with Gasteiger partial charge in [0.2, 0.25) is 11.8 Å². The normalized spacial score (nSPS) is 17.7. The first-order chi connectivity index (χ1) is 13.1. The average molecular weight is 369 g/mol. The Morgan fingerprint density at radius 1 is 1.00 bits per heavy atom. The molecule has 142 valence electrons. The molecule has 2 atom stereocenters. The van der Waals surface area contributed by atoms with Crippen LogP contribution in [0.3, 0.4) is 0 Å². The standard InChI is InChI=1S/C20H23N3O4/c1-26-17-6-5-13(8-18(17)27-2)11-22-19(24)15-9-16(15)20(25)23-12-14-4-3-7-21-10-14/h3-8,10,15-16H,9,11-12H2,1-2H3,(H,22,24)(H,23,25). The van der Waals surface area contributed by atoms with Crippen molar-refractivity contribution in [3.05, 3.63) is 53.9 Å². The van der Waals surface area contributed by atoms with Gasteiger partial charge in [0, 0.05) is 25.5 Å². The fourth-order valence-corrected chi connectivity index (χ4v) is 2.91. The third-order valence-electron chi connectivity index (χ3n) is 4.57. The molecule has 2 unspecified atom stereocenters. The smallest absolute Gasteiger partial charge is 0.224 e. The Hall–Kier alpha value is -3.09. The van der Waals surface area contributed by atoms with E-state index in [9.17, 15) is 9.59 Å². The van der Waals surface area contributed by atoms with Crippen molar-refractivity contribution in [1.82, 2.24) is 15.6 Å². The molecule has 2 N–H and O–H groups in total. The predicted molar refractivity (Wildman–Crippen MR) is 99.1 cm³/mol. The number of rotatable bonds is 8. The summed E-state index contributed by atoms with van der Waals surface area (Å²) in [6.45, 7) is 0.795. The Bertz CT molecular complexity index is 810. The van der Waals surface area contributed by atoms with Crippen molar-refractivity contribution in [2.75, 3.05) is 14.2 Å². The van der Waals surface area contributed by atoms with E-state index in [1.807, 2.05) is 24.3 Å². The number of carbonyl (C=O) groups excluding carboxylic acids is 2. The largest absolute Gasteiger partial charge is 0.493 e. The summed E-state index contributed by atoms with van der Waals surface area (Å²) in [5.41, 5.74) is 1.83. The van der Waals surface area contributed by atoms with Gasteiger partial charge >= 0.3 is 0 Å². The van der Waals surface area contributed by atoms with Crippen LogP contribution >= 0.6 is 0 Å². The molecule has 1 aromatic carbocycles. The van der Waals surface area contributed by atoms with Gasteiger partial charge in [0.25, 0.3) is 0 Å². The Kier molecular flexibility index (Phi) is 5.90. The highest BCUT2D eigenvalue weighted by atomic mass is 16.5. The van der Waals surface area contributed by atoms with Crippen LogP contribution in [0, 0.1) is 11.8 Å². The first-order valence-electron chi connectivity index (χ1n) is 8.77. The van der Waals surface area contributed by atoms with E-state index in [0.29, 0.717) is 31.0 Å². The van der Waals surface area contributed by atoms with Crippen LogP contribution in [0.4, 0.5) is 0 Å². The number of hydrogen-bond donors (Lipinski definition) is 2. The van der Waals surface area contributed by atoms with Crippen LogP contribution in [0.15, 0.2) is 42.7 Å². The number of benzene rings is 1. The predicted octanol–water partition coefficient (Wildman–Crippen LogP) is 1.67. The molecule has 0 radical (unpaired) electrons. The van der Waals surface area contributed by atoms with Crippen LogP contribution in [-0.2, 0) is 22.7 Å². The lowest BCUT2D eigenvalue weighted by molar-refractivity contribution is -0.127. The lowest BCUT2D eigenvalue weighted by atomic mass is 10.2. The Labute approximate surface area is 158 Å². The summed E-state index contributed by atoms with van der Waals surface area (Å²) in [7, 11) is 3.14. The van der Waals surface area contributed by atoms with Gasteiger partial charge in [-0.15, -0.1) is 0 Å². The third kappa shape index (κ3) is 4.75. The second-order valence-electron chi connectivity index (χ2n) is 6.43. The molecule has 0 bridgehead atoms. The molecular weight excluding hydrogens is 346 g/mol. The number of ether oxygens (including phenoxy) is 2. The number of methoxy groups -OCH3 is 2. The van der Waals surface area contributed by atoms with Crippen molar-refractivity contribution < 1.29 is 19.1 Å². The molecule has 7 heteroatoms. The van der Waals surface area contributed by atoms with E-state index in [-0.39, 0.29) is 23.7 Å².